The fourth-order valence-electron chi connectivity index (χ4n) is 0.986. The van der Waals surface area contributed by atoms with E-state index in [9.17, 15) is 0 Å². The van der Waals surface area contributed by atoms with E-state index in [0.29, 0.717) is 10.7 Å². The first-order valence-corrected chi connectivity index (χ1v) is 6.20. The minimum atomic E-state index is 0.301. The Morgan fingerprint density at radius 3 is 2.19 bits per heavy atom. The van der Waals surface area contributed by atoms with Crippen molar-refractivity contribution in [3.05, 3.63) is 60.1 Å². The van der Waals surface area contributed by atoms with Crippen molar-refractivity contribution in [1.82, 2.24) is 0 Å². The molecule has 2 aromatic rings. The van der Waals surface area contributed by atoms with E-state index >= 15 is 0 Å². The van der Waals surface area contributed by atoms with E-state index < -0.39 is 0 Å². The highest BCUT2D eigenvalue weighted by molar-refractivity contribution is 9.08. The average Bonchev–Trinajstić information content (AvgIpc) is 2.85. The van der Waals surface area contributed by atoms with E-state index in [2.05, 4.69) is 40.3 Å². The van der Waals surface area contributed by atoms with Crippen LogP contribution in [0.25, 0.3) is 0 Å². The summed E-state index contributed by atoms with van der Waals surface area (Å²) in [7, 11) is 0. The first-order valence-electron chi connectivity index (χ1n) is 4.67. The lowest BCUT2D eigenvalue weighted by Gasteiger charge is -1.88. The van der Waals surface area contributed by atoms with Crippen LogP contribution in [0.1, 0.15) is 11.3 Å². The number of nitrogens with two attached hydrogens (primary N) is 1. The Hall–Kier alpha value is -1.13. The summed E-state index contributed by atoms with van der Waals surface area (Å²) in [6, 6.07) is 13.7. The SMILES string of the molecule is BrCc1ccccc1.NC(=S)c1ccco1. The predicted molar refractivity (Wildman–Crippen MR) is 73.7 cm³/mol. The highest BCUT2D eigenvalue weighted by Crippen LogP contribution is 2.02. The standard InChI is InChI=1S/C7H7Br.C5H5NOS/c8-6-7-4-2-1-3-5-7;6-5(8)4-2-1-3-7-4/h1-5H,6H2;1-3H,(H2,6,8). The molecule has 16 heavy (non-hydrogen) atoms. The molecule has 0 aliphatic rings. The van der Waals surface area contributed by atoms with Gasteiger partial charge in [-0.2, -0.15) is 0 Å². The zero-order chi connectivity index (χ0) is 11.8. The molecule has 4 heteroatoms. The van der Waals surface area contributed by atoms with Gasteiger partial charge in [-0.25, -0.2) is 0 Å². The number of thiocarbonyl (C=S) groups is 1. The summed E-state index contributed by atoms with van der Waals surface area (Å²) in [5.74, 6) is 0.569. The van der Waals surface area contributed by atoms with Gasteiger partial charge in [0.1, 0.15) is 4.99 Å². The van der Waals surface area contributed by atoms with Gasteiger partial charge < -0.3 is 10.2 Å². The van der Waals surface area contributed by atoms with Crippen molar-refractivity contribution in [1.29, 1.82) is 0 Å². The molecule has 2 nitrogen and oxygen atoms in total. The van der Waals surface area contributed by atoms with Gasteiger partial charge in [-0.1, -0.05) is 58.5 Å². The molecule has 0 radical (unpaired) electrons. The lowest BCUT2D eigenvalue weighted by Crippen LogP contribution is -2.07. The quantitative estimate of drug-likeness (QED) is 0.681. The maximum atomic E-state index is 5.20. The van der Waals surface area contributed by atoms with Gasteiger partial charge in [0.25, 0.3) is 0 Å². The Balaban J connectivity index is 0.000000160. The summed E-state index contributed by atoms with van der Waals surface area (Å²) in [5.41, 5.74) is 6.52. The van der Waals surface area contributed by atoms with Crippen LogP contribution in [0.2, 0.25) is 0 Å². The summed E-state index contributed by atoms with van der Waals surface area (Å²) in [4.78, 5) is 0.301. The van der Waals surface area contributed by atoms with Crippen molar-refractivity contribution in [3.8, 4) is 0 Å². The summed E-state index contributed by atoms with van der Waals surface area (Å²) in [6.45, 7) is 0. The largest absolute Gasteiger partial charge is 0.462 e. The highest BCUT2D eigenvalue weighted by atomic mass is 79.9. The van der Waals surface area contributed by atoms with Gasteiger partial charge >= 0.3 is 0 Å². The summed E-state index contributed by atoms with van der Waals surface area (Å²) in [5, 5.41) is 0.952. The number of benzene rings is 1. The lowest BCUT2D eigenvalue weighted by atomic mass is 10.2. The van der Waals surface area contributed by atoms with Gasteiger partial charge in [0.05, 0.1) is 6.26 Å². The average molecular weight is 298 g/mol. The van der Waals surface area contributed by atoms with E-state index in [0.717, 1.165) is 5.33 Å². The molecule has 0 saturated heterocycles. The number of halogens is 1. The second-order valence-electron chi connectivity index (χ2n) is 2.96. The molecule has 0 aliphatic carbocycles. The molecular weight excluding hydrogens is 286 g/mol. The minimum Gasteiger partial charge on any atom is -0.462 e. The molecule has 1 heterocycles. The summed E-state index contributed by atoms with van der Waals surface area (Å²) >= 11 is 7.96. The van der Waals surface area contributed by atoms with E-state index in [4.69, 9.17) is 10.2 Å². The van der Waals surface area contributed by atoms with Crippen molar-refractivity contribution in [2.75, 3.05) is 0 Å². The molecule has 2 N–H and O–H groups in total. The van der Waals surface area contributed by atoms with Crippen LogP contribution in [-0.2, 0) is 5.33 Å². The van der Waals surface area contributed by atoms with Crippen LogP contribution in [-0.4, -0.2) is 4.99 Å². The fourth-order valence-corrected chi connectivity index (χ4v) is 1.48. The van der Waals surface area contributed by atoms with Crippen LogP contribution in [0.15, 0.2) is 53.1 Å². The van der Waals surface area contributed by atoms with E-state index in [-0.39, 0.29) is 0 Å². The first kappa shape index (κ1) is 12.9. The molecule has 0 spiro atoms. The molecular formula is C12H12BrNOS. The molecule has 0 bridgehead atoms. The van der Waals surface area contributed by atoms with Gasteiger partial charge in [-0.3, -0.25) is 0 Å². The van der Waals surface area contributed by atoms with Gasteiger partial charge in [-0.05, 0) is 17.7 Å². The smallest absolute Gasteiger partial charge is 0.160 e. The molecule has 1 aromatic heterocycles. The van der Waals surface area contributed by atoms with Crippen molar-refractivity contribution < 1.29 is 4.42 Å². The van der Waals surface area contributed by atoms with Gasteiger partial charge in [0.15, 0.2) is 5.76 Å². The Morgan fingerprint density at radius 1 is 1.19 bits per heavy atom. The molecule has 2 rings (SSSR count). The second-order valence-corrected chi connectivity index (χ2v) is 3.96. The van der Waals surface area contributed by atoms with E-state index in [1.54, 1.807) is 12.1 Å². The molecule has 0 atom stereocenters. The molecule has 0 aliphatic heterocycles. The van der Waals surface area contributed by atoms with Crippen LogP contribution in [0.3, 0.4) is 0 Å². The second kappa shape index (κ2) is 7.19. The van der Waals surface area contributed by atoms with Crippen LogP contribution in [0.5, 0.6) is 0 Å². The number of alkyl halides is 1. The maximum Gasteiger partial charge on any atom is 0.160 e. The number of hydrogen-bond acceptors (Lipinski definition) is 2. The van der Waals surface area contributed by atoms with Crippen molar-refractivity contribution in [3.63, 3.8) is 0 Å². The first-order chi connectivity index (χ1) is 7.74. The minimum absolute atomic E-state index is 0.301. The number of hydrogen-bond donors (Lipinski definition) is 1. The van der Waals surface area contributed by atoms with Gasteiger partial charge in [0.2, 0.25) is 0 Å². The Bertz CT molecular complexity index is 414. The highest BCUT2D eigenvalue weighted by Gasteiger charge is 1.94. The zero-order valence-electron chi connectivity index (χ0n) is 8.60. The van der Waals surface area contributed by atoms with Crippen LogP contribution in [0, 0.1) is 0 Å². The monoisotopic (exact) mass is 297 g/mol. The maximum absolute atomic E-state index is 5.20. The van der Waals surface area contributed by atoms with Gasteiger partial charge in [-0.15, -0.1) is 0 Å². The Labute approximate surface area is 109 Å². The molecule has 1 aromatic carbocycles. The van der Waals surface area contributed by atoms with E-state index in [1.807, 2.05) is 18.2 Å². The topological polar surface area (TPSA) is 39.2 Å². The van der Waals surface area contributed by atoms with Crippen LogP contribution < -0.4 is 5.73 Å². The van der Waals surface area contributed by atoms with Crippen molar-refractivity contribution in [2.24, 2.45) is 5.73 Å². The number of rotatable bonds is 2. The molecule has 0 amide bonds. The predicted octanol–water partition coefficient (Wildman–Crippen LogP) is 3.50. The third-order valence-corrected chi connectivity index (χ3v) is 2.61. The van der Waals surface area contributed by atoms with Crippen LogP contribution >= 0.6 is 28.1 Å². The Kier molecular flexibility index (Phi) is 5.82. The number of furan rings is 1. The van der Waals surface area contributed by atoms with Crippen molar-refractivity contribution in [2.45, 2.75) is 5.33 Å². The van der Waals surface area contributed by atoms with Crippen LogP contribution in [0.4, 0.5) is 0 Å². The molecule has 0 saturated carbocycles. The third kappa shape index (κ3) is 4.59. The zero-order valence-corrected chi connectivity index (χ0v) is 11.0. The normalized spacial score (nSPS) is 9.06. The van der Waals surface area contributed by atoms with E-state index in [1.165, 1.54) is 11.8 Å². The fraction of sp³-hybridized carbons (Fsp3) is 0.0833. The summed E-state index contributed by atoms with van der Waals surface area (Å²) in [6.07, 6.45) is 1.54. The third-order valence-electron chi connectivity index (χ3n) is 1.76. The van der Waals surface area contributed by atoms with Gasteiger partial charge in [0, 0.05) is 5.33 Å². The van der Waals surface area contributed by atoms with Crippen molar-refractivity contribution >= 4 is 33.1 Å². The Morgan fingerprint density at radius 2 is 1.88 bits per heavy atom. The molecule has 0 fully saturated rings. The molecule has 0 unspecified atom stereocenters. The molecule has 84 valence electrons. The lowest BCUT2D eigenvalue weighted by molar-refractivity contribution is 0.558. The summed E-state index contributed by atoms with van der Waals surface area (Å²) < 4.78 is 4.83.